The summed E-state index contributed by atoms with van der Waals surface area (Å²) in [5, 5.41) is 13.6. The molecule has 0 radical (unpaired) electrons. The summed E-state index contributed by atoms with van der Waals surface area (Å²) < 4.78 is 49.8. The Morgan fingerprint density at radius 3 is 2.09 bits per heavy atom. The standard InChI is InChI=1S/C30H36Cl2F3N3O5/c1-28(2)9-5-17(6-10-28)37(16-23(39)24-21(31)13-19(43-4)14-22(24)32)26(40)20-15-36-38(25(20)30(33,34)35)18-7-11-29(3,12-8-18)27(41)42/h13-15,17-18H,5-12,16H2,1-4H3,(H,41,42). The van der Waals surface area contributed by atoms with Crippen LogP contribution in [0.3, 0.4) is 0 Å². The molecule has 0 saturated heterocycles. The highest BCUT2D eigenvalue weighted by atomic mass is 35.5. The summed E-state index contributed by atoms with van der Waals surface area (Å²) in [5.74, 6) is -2.24. The zero-order valence-electron chi connectivity index (χ0n) is 24.6. The van der Waals surface area contributed by atoms with Crippen LogP contribution in [0.4, 0.5) is 13.2 Å². The minimum Gasteiger partial charge on any atom is -0.497 e. The highest BCUT2D eigenvalue weighted by Gasteiger charge is 2.46. The molecule has 1 aromatic carbocycles. The van der Waals surface area contributed by atoms with Crippen LogP contribution in [0.2, 0.25) is 10.0 Å². The van der Waals surface area contributed by atoms with E-state index in [1.54, 1.807) is 6.92 Å². The Hall–Kier alpha value is -2.79. The fraction of sp³-hybridized carbons (Fsp3) is 0.600. The third kappa shape index (κ3) is 6.98. The number of amides is 1. The number of alkyl halides is 3. The van der Waals surface area contributed by atoms with Crippen LogP contribution in [0.1, 0.15) is 105 Å². The van der Waals surface area contributed by atoms with Crippen molar-refractivity contribution in [3.8, 4) is 5.75 Å². The lowest BCUT2D eigenvalue weighted by molar-refractivity contribution is -0.152. The molecule has 2 fully saturated rings. The van der Waals surface area contributed by atoms with E-state index in [9.17, 15) is 32.7 Å². The number of rotatable bonds is 8. The number of carboxylic acids is 1. The van der Waals surface area contributed by atoms with E-state index in [0.29, 0.717) is 18.6 Å². The van der Waals surface area contributed by atoms with E-state index in [-0.39, 0.29) is 46.7 Å². The van der Waals surface area contributed by atoms with Gasteiger partial charge in [-0.15, -0.1) is 0 Å². The fourth-order valence-electron chi connectivity index (χ4n) is 6.16. The zero-order chi connectivity index (χ0) is 31.9. The van der Waals surface area contributed by atoms with E-state index in [1.165, 1.54) is 24.1 Å². The Bertz CT molecular complexity index is 1370. The number of aromatic nitrogens is 2. The van der Waals surface area contributed by atoms with Crippen LogP contribution in [-0.4, -0.2) is 57.1 Å². The van der Waals surface area contributed by atoms with Crippen molar-refractivity contribution in [2.75, 3.05) is 13.7 Å². The topological polar surface area (TPSA) is 102 Å². The lowest BCUT2D eigenvalue weighted by Crippen LogP contribution is -2.46. The number of hydrogen-bond acceptors (Lipinski definition) is 5. The summed E-state index contributed by atoms with van der Waals surface area (Å²) in [6.07, 6.45) is -0.902. The van der Waals surface area contributed by atoms with Gasteiger partial charge in [0.25, 0.3) is 5.91 Å². The lowest BCUT2D eigenvalue weighted by Gasteiger charge is -2.40. The number of ether oxygens (including phenoxy) is 1. The second kappa shape index (κ2) is 12.3. The van der Waals surface area contributed by atoms with Gasteiger partial charge < -0.3 is 14.7 Å². The molecule has 0 unspecified atom stereocenters. The van der Waals surface area contributed by atoms with Crippen molar-refractivity contribution in [2.24, 2.45) is 10.8 Å². The van der Waals surface area contributed by atoms with Crippen LogP contribution in [0.5, 0.6) is 5.75 Å². The van der Waals surface area contributed by atoms with Crippen molar-refractivity contribution < 1.29 is 37.4 Å². The summed E-state index contributed by atoms with van der Waals surface area (Å²) in [6.45, 7) is 5.22. The number of carbonyl (C=O) groups excluding carboxylic acids is 2. The SMILES string of the molecule is COc1cc(Cl)c(C(=O)CN(C(=O)c2cnn(C3CCC(C)(C(=O)O)CC3)c2C(F)(F)F)C2CCC(C)(C)CC2)c(Cl)c1. The van der Waals surface area contributed by atoms with E-state index in [2.05, 4.69) is 18.9 Å². The highest BCUT2D eigenvalue weighted by Crippen LogP contribution is 2.44. The Balaban J connectivity index is 1.70. The molecule has 8 nitrogen and oxygen atoms in total. The van der Waals surface area contributed by atoms with Crippen LogP contribution < -0.4 is 4.74 Å². The van der Waals surface area contributed by atoms with Crippen molar-refractivity contribution in [2.45, 2.75) is 90.4 Å². The smallest absolute Gasteiger partial charge is 0.433 e. The number of halogens is 5. The number of benzene rings is 1. The molecule has 2 saturated carbocycles. The summed E-state index contributed by atoms with van der Waals surface area (Å²) in [5.41, 5.74) is -2.94. The number of Topliss-reactive ketones (excluding diaryl/α,β-unsaturated/α-hetero) is 1. The van der Waals surface area contributed by atoms with Gasteiger partial charge in [0.15, 0.2) is 11.5 Å². The van der Waals surface area contributed by atoms with Crippen LogP contribution in [0.25, 0.3) is 0 Å². The second-order valence-electron chi connectivity index (χ2n) is 12.7. The molecule has 1 N–H and O–H groups in total. The molecular formula is C30H36Cl2F3N3O5. The van der Waals surface area contributed by atoms with Crippen LogP contribution >= 0.6 is 23.2 Å². The van der Waals surface area contributed by atoms with Gasteiger partial charge in [0.05, 0.1) is 52.5 Å². The molecule has 43 heavy (non-hydrogen) atoms. The molecule has 1 heterocycles. The normalized spacial score (nSPS) is 22.7. The molecule has 0 bridgehead atoms. The van der Waals surface area contributed by atoms with Gasteiger partial charge in [-0.25, -0.2) is 0 Å². The maximum absolute atomic E-state index is 14.6. The average molecular weight is 647 g/mol. The predicted octanol–water partition coefficient (Wildman–Crippen LogP) is 7.72. The molecule has 0 atom stereocenters. The Morgan fingerprint density at radius 1 is 1.05 bits per heavy atom. The van der Waals surface area contributed by atoms with Crippen molar-refractivity contribution in [3.63, 3.8) is 0 Å². The molecule has 4 rings (SSSR count). The van der Waals surface area contributed by atoms with Gasteiger partial charge >= 0.3 is 12.1 Å². The van der Waals surface area contributed by atoms with Gasteiger partial charge in [-0.05, 0) is 75.8 Å². The molecule has 1 amide bonds. The summed E-state index contributed by atoms with van der Waals surface area (Å²) in [7, 11) is 1.41. The van der Waals surface area contributed by atoms with Crippen molar-refractivity contribution >= 4 is 40.9 Å². The summed E-state index contributed by atoms with van der Waals surface area (Å²) in [6, 6.07) is 1.59. The predicted molar refractivity (Wildman–Crippen MR) is 155 cm³/mol. The first-order valence-electron chi connectivity index (χ1n) is 14.2. The van der Waals surface area contributed by atoms with Gasteiger partial charge in [0.2, 0.25) is 0 Å². The molecule has 0 aliphatic heterocycles. The first-order chi connectivity index (χ1) is 20.0. The van der Waals surface area contributed by atoms with Crippen LogP contribution in [0.15, 0.2) is 18.3 Å². The minimum atomic E-state index is -4.93. The van der Waals surface area contributed by atoms with E-state index in [0.717, 1.165) is 23.7 Å². The Labute approximate surface area is 258 Å². The number of hydrogen-bond donors (Lipinski definition) is 1. The highest BCUT2D eigenvalue weighted by molar-refractivity contribution is 6.40. The summed E-state index contributed by atoms with van der Waals surface area (Å²) in [4.78, 5) is 40.5. The van der Waals surface area contributed by atoms with E-state index < -0.39 is 59.1 Å². The monoisotopic (exact) mass is 645 g/mol. The third-order valence-corrected chi connectivity index (χ3v) is 9.67. The van der Waals surface area contributed by atoms with Gasteiger partial charge in [-0.2, -0.15) is 18.3 Å². The van der Waals surface area contributed by atoms with Gasteiger partial charge in [-0.3, -0.25) is 19.1 Å². The first-order valence-corrected chi connectivity index (χ1v) is 15.0. The van der Waals surface area contributed by atoms with Crippen molar-refractivity contribution in [3.05, 3.63) is 45.2 Å². The maximum atomic E-state index is 14.6. The second-order valence-corrected chi connectivity index (χ2v) is 13.5. The minimum absolute atomic E-state index is 0.000913. The number of ketones is 1. The largest absolute Gasteiger partial charge is 0.497 e. The van der Waals surface area contributed by atoms with E-state index in [4.69, 9.17) is 27.9 Å². The Morgan fingerprint density at radius 2 is 1.60 bits per heavy atom. The number of carboxylic acid groups (broad SMARTS) is 1. The van der Waals surface area contributed by atoms with E-state index >= 15 is 0 Å². The molecule has 0 spiro atoms. The first kappa shape index (κ1) is 33.1. The quantitative estimate of drug-likeness (QED) is 0.295. The Kier molecular flexibility index (Phi) is 9.47. The van der Waals surface area contributed by atoms with Gasteiger partial charge in [0.1, 0.15) is 5.75 Å². The number of nitrogens with zero attached hydrogens (tertiary/aromatic N) is 3. The molecule has 1 aromatic heterocycles. The average Bonchev–Trinajstić information content (AvgIpc) is 3.37. The van der Waals surface area contributed by atoms with E-state index in [1.807, 2.05) is 0 Å². The fourth-order valence-corrected chi connectivity index (χ4v) is 6.84. The maximum Gasteiger partial charge on any atom is 0.433 e. The third-order valence-electron chi connectivity index (χ3n) is 9.07. The van der Waals surface area contributed by atoms with Gasteiger partial charge in [-0.1, -0.05) is 37.0 Å². The molecule has 236 valence electrons. The number of methoxy groups -OCH3 is 1. The number of carbonyl (C=O) groups is 3. The summed E-state index contributed by atoms with van der Waals surface area (Å²) >= 11 is 12.7. The molecule has 2 aliphatic carbocycles. The lowest BCUT2D eigenvalue weighted by atomic mass is 9.74. The number of aliphatic carboxylic acids is 1. The zero-order valence-corrected chi connectivity index (χ0v) is 26.1. The molecule has 13 heteroatoms. The molecular weight excluding hydrogens is 610 g/mol. The van der Waals surface area contributed by atoms with Crippen LogP contribution in [0, 0.1) is 10.8 Å². The van der Waals surface area contributed by atoms with Gasteiger partial charge in [0, 0.05) is 6.04 Å². The molecule has 2 aliphatic rings. The van der Waals surface area contributed by atoms with Crippen molar-refractivity contribution in [1.82, 2.24) is 14.7 Å². The molecule has 2 aromatic rings. The van der Waals surface area contributed by atoms with Crippen LogP contribution in [-0.2, 0) is 11.0 Å². The van der Waals surface area contributed by atoms with Crippen molar-refractivity contribution in [1.29, 1.82) is 0 Å².